The first-order chi connectivity index (χ1) is 6.97. The van der Waals surface area contributed by atoms with Crippen molar-refractivity contribution in [3.05, 3.63) is 36.0 Å². The minimum absolute atomic E-state index is 0.129. The first kappa shape index (κ1) is 10.5. The van der Waals surface area contributed by atoms with Gasteiger partial charge in [0.2, 0.25) is 9.05 Å². The average Bonchev–Trinajstić information content (AvgIpc) is 2.42. The van der Waals surface area contributed by atoms with Crippen LogP contribution in [0.2, 0.25) is 0 Å². The van der Waals surface area contributed by atoms with E-state index in [0.29, 0.717) is 0 Å². The van der Waals surface area contributed by atoms with Crippen molar-refractivity contribution in [3.63, 3.8) is 0 Å². The van der Waals surface area contributed by atoms with Crippen LogP contribution in [-0.4, -0.2) is 13.0 Å². The highest BCUT2D eigenvalue weighted by Gasteiger charge is 2.12. The standard InChI is InChI=1S/C10H10ClNO2S/c1-12-6-8(7-15(11,13)14)9-4-2-3-5-10(9)12/h2-6H,7H2,1H3. The first-order valence-electron chi connectivity index (χ1n) is 4.42. The molecule has 0 bridgehead atoms. The molecule has 0 amide bonds. The zero-order chi connectivity index (χ0) is 11.1. The minimum atomic E-state index is -3.50. The molecular formula is C10H10ClNO2S. The van der Waals surface area contributed by atoms with Gasteiger partial charge in [0, 0.05) is 34.8 Å². The Morgan fingerprint density at radius 1 is 1.33 bits per heavy atom. The molecule has 1 aromatic carbocycles. The van der Waals surface area contributed by atoms with E-state index < -0.39 is 9.05 Å². The quantitative estimate of drug-likeness (QED) is 0.759. The Balaban J connectivity index is 2.62. The summed E-state index contributed by atoms with van der Waals surface area (Å²) in [4.78, 5) is 0. The second-order valence-electron chi connectivity index (χ2n) is 3.47. The Morgan fingerprint density at radius 2 is 2.00 bits per heavy atom. The van der Waals surface area contributed by atoms with Gasteiger partial charge in [0.05, 0.1) is 5.75 Å². The third-order valence-corrected chi connectivity index (χ3v) is 3.29. The van der Waals surface area contributed by atoms with Gasteiger partial charge in [-0.3, -0.25) is 0 Å². The molecule has 0 spiro atoms. The molecule has 15 heavy (non-hydrogen) atoms. The van der Waals surface area contributed by atoms with E-state index in [1.807, 2.05) is 35.9 Å². The van der Waals surface area contributed by atoms with Gasteiger partial charge in [-0.1, -0.05) is 18.2 Å². The Morgan fingerprint density at radius 3 is 2.67 bits per heavy atom. The summed E-state index contributed by atoms with van der Waals surface area (Å²) in [5.41, 5.74) is 1.75. The van der Waals surface area contributed by atoms with Gasteiger partial charge >= 0.3 is 0 Å². The van der Waals surface area contributed by atoms with Crippen molar-refractivity contribution in [2.24, 2.45) is 7.05 Å². The number of benzene rings is 1. The van der Waals surface area contributed by atoms with Crippen LogP contribution in [0.3, 0.4) is 0 Å². The predicted molar refractivity (Wildman–Crippen MR) is 61.4 cm³/mol. The van der Waals surface area contributed by atoms with Crippen LogP contribution in [0.4, 0.5) is 0 Å². The number of hydrogen-bond acceptors (Lipinski definition) is 2. The van der Waals surface area contributed by atoms with Crippen LogP contribution in [0.15, 0.2) is 30.5 Å². The van der Waals surface area contributed by atoms with Gasteiger partial charge in [-0.05, 0) is 11.6 Å². The Bertz CT molecular complexity index is 601. The lowest BCUT2D eigenvalue weighted by molar-refractivity contribution is 0.609. The molecule has 0 saturated carbocycles. The summed E-state index contributed by atoms with van der Waals surface area (Å²) in [6.07, 6.45) is 1.80. The maximum Gasteiger partial charge on any atom is 0.236 e. The van der Waals surface area contributed by atoms with Crippen molar-refractivity contribution in [1.29, 1.82) is 0 Å². The van der Waals surface area contributed by atoms with Gasteiger partial charge in [0.15, 0.2) is 0 Å². The summed E-state index contributed by atoms with van der Waals surface area (Å²) in [7, 11) is 3.63. The number of halogens is 1. The van der Waals surface area contributed by atoms with E-state index in [1.165, 1.54) is 0 Å². The predicted octanol–water partition coefficient (Wildman–Crippen LogP) is 2.25. The molecule has 0 unspecified atom stereocenters. The fourth-order valence-electron chi connectivity index (χ4n) is 1.73. The van der Waals surface area contributed by atoms with Crippen LogP contribution in [0.25, 0.3) is 10.9 Å². The van der Waals surface area contributed by atoms with Crippen LogP contribution in [0.1, 0.15) is 5.56 Å². The van der Waals surface area contributed by atoms with E-state index in [1.54, 1.807) is 6.20 Å². The van der Waals surface area contributed by atoms with Gasteiger partial charge < -0.3 is 4.57 Å². The molecule has 2 aromatic rings. The fourth-order valence-corrected chi connectivity index (χ4v) is 2.68. The number of hydrogen-bond donors (Lipinski definition) is 0. The lowest BCUT2D eigenvalue weighted by Gasteiger charge is -1.94. The largest absolute Gasteiger partial charge is 0.350 e. The topological polar surface area (TPSA) is 39.1 Å². The zero-order valence-electron chi connectivity index (χ0n) is 8.14. The number of nitrogens with zero attached hydrogens (tertiary/aromatic N) is 1. The number of para-hydroxylation sites is 1. The lowest BCUT2D eigenvalue weighted by atomic mass is 10.2. The second kappa shape index (κ2) is 3.54. The Hall–Kier alpha value is -1.00. The molecule has 5 heteroatoms. The molecule has 1 heterocycles. The van der Waals surface area contributed by atoms with Crippen LogP contribution < -0.4 is 0 Å². The van der Waals surface area contributed by atoms with Crippen molar-refractivity contribution in [2.45, 2.75) is 5.75 Å². The van der Waals surface area contributed by atoms with E-state index >= 15 is 0 Å². The monoisotopic (exact) mass is 243 g/mol. The molecular weight excluding hydrogens is 234 g/mol. The fraction of sp³-hybridized carbons (Fsp3) is 0.200. The van der Waals surface area contributed by atoms with Gasteiger partial charge in [0.1, 0.15) is 0 Å². The third-order valence-electron chi connectivity index (χ3n) is 2.31. The van der Waals surface area contributed by atoms with Crippen LogP contribution in [0.5, 0.6) is 0 Å². The Kier molecular flexibility index (Phi) is 2.48. The molecule has 2 rings (SSSR count). The van der Waals surface area contributed by atoms with E-state index in [0.717, 1.165) is 16.5 Å². The van der Waals surface area contributed by atoms with Gasteiger partial charge in [0.25, 0.3) is 0 Å². The molecule has 0 fully saturated rings. The normalized spacial score (nSPS) is 12.1. The first-order valence-corrected chi connectivity index (χ1v) is 6.90. The van der Waals surface area contributed by atoms with Crippen LogP contribution in [-0.2, 0) is 21.9 Å². The van der Waals surface area contributed by atoms with E-state index in [-0.39, 0.29) is 5.75 Å². The Labute approximate surface area is 92.7 Å². The van der Waals surface area contributed by atoms with E-state index in [9.17, 15) is 8.42 Å². The number of fused-ring (bicyclic) bond motifs is 1. The summed E-state index contributed by atoms with van der Waals surface area (Å²) in [6.45, 7) is 0. The number of aryl methyl sites for hydroxylation is 1. The number of rotatable bonds is 2. The van der Waals surface area contributed by atoms with Crippen LogP contribution in [0, 0.1) is 0 Å². The minimum Gasteiger partial charge on any atom is -0.350 e. The molecule has 0 atom stereocenters. The lowest BCUT2D eigenvalue weighted by Crippen LogP contribution is -1.93. The van der Waals surface area contributed by atoms with Crippen LogP contribution >= 0.6 is 10.7 Å². The molecule has 80 valence electrons. The summed E-state index contributed by atoms with van der Waals surface area (Å²) in [5, 5.41) is 0.934. The maximum absolute atomic E-state index is 11.0. The molecule has 0 saturated heterocycles. The zero-order valence-corrected chi connectivity index (χ0v) is 9.72. The molecule has 0 aliphatic heterocycles. The second-order valence-corrected chi connectivity index (χ2v) is 6.24. The average molecular weight is 244 g/mol. The van der Waals surface area contributed by atoms with Crippen molar-refractivity contribution in [2.75, 3.05) is 0 Å². The summed E-state index contributed by atoms with van der Waals surface area (Å²) in [6, 6.07) is 7.64. The smallest absolute Gasteiger partial charge is 0.236 e. The van der Waals surface area contributed by atoms with Gasteiger partial charge in [-0.2, -0.15) is 0 Å². The van der Waals surface area contributed by atoms with E-state index in [2.05, 4.69) is 0 Å². The van der Waals surface area contributed by atoms with Gasteiger partial charge in [-0.15, -0.1) is 0 Å². The highest BCUT2D eigenvalue weighted by molar-refractivity contribution is 8.13. The number of aromatic nitrogens is 1. The van der Waals surface area contributed by atoms with Crippen molar-refractivity contribution >= 4 is 30.6 Å². The maximum atomic E-state index is 11.0. The molecule has 0 N–H and O–H groups in total. The summed E-state index contributed by atoms with van der Waals surface area (Å²) >= 11 is 0. The SMILES string of the molecule is Cn1cc(CS(=O)(=O)Cl)c2ccccc21. The highest BCUT2D eigenvalue weighted by Crippen LogP contribution is 2.22. The molecule has 3 nitrogen and oxygen atoms in total. The molecule has 1 aromatic heterocycles. The molecule has 0 radical (unpaired) electrons. The molecule has 0 aliphatic rings. The highest BCUT2D eigenvalue weighted by atomic mass is 35.7. The summed E-state index contributed by atoms with van der Waals surface area (Å²) in [5.74, 6) is -0.129. The molecule has 0 aliphatic carbocycles. The summed E-state index contributed by atoms with van der Waals surface area (Å²) < 4.78 is 23.9. The van der Waals surface area contributed by atoms with Crippen molar-refractivity contribution < 1.29 is 8.42 Å². The third kappa shape index (κ3) is 2.16. The van der Waals surface area contributed by atoms with E-state index in [4.69, 9.17) is 10.7 Å². The van der Waals surface area contributed by atoms with Crippen molar-refractivity contribution in [1.82, 2.24) is 4.57 Å². The van der Waals surface area contributed by atoms with Crippen molar-refractivity contribution in [3.8, 4) is 0 Å². The van der Waals surface area contributed by atoms with Gasteiger partial charge in [-0.25, -0.2) is 8.42 Å².